The Morgan fingerprint density at radius 3 is 0.786 bits per heavy atom. The molecule has 0 atom stereocenters. The summed E-state index contributed by atoms with van der Waals surface area (Å²) in [6.07, 6.45) is 0. The Hall–Kier alpha value is -0.703. The first-order valence-electron chi connectivity index (χ1n) is 9.45. The minimum absolute atomic E-state index is 0.105. The summed E-state index contributed by atoms with van der Waals surface area (Å²) >= 11 is 0. The average Bonchev–Trinajstić information content (AvgIpc) is 2.63. The average molecular weight is 433 g/mol. The molecule has 12 heteroatoms. The molecule has 0 spiro atoms. The molecule has 0 aliphatic heterocycles. The fourth-order valence-electron chi connectivity index (χ4n) is 2.89. The highest BCUT2D eigenvalue weighted by Crippen LogP contribution is 2.05. The molecule has 0 radical (unpaired) electrons. The van der Waals surface area contributed by atoms with Crippen molar-refractivity contribution in [3.8, 4) is 0 Å². The molecule has 0 aliphatic rings. The number of rotatable bonds is 14. The second kappa shape index (κ2) is 21.0. The van der Waals surface area contributed by atoms with Crippen molar-refractivity contribution in [3.63, 3.8) is 0 Å². The molecule has 0 heterocycles. The minimum Gasteiger partial charge on any atom is -0.672 e. The summed E-state index contributed by atoms with van der Waals surface area (Å²) in [7, 11) is -3.63. The number of hydrogen-bond acceptors (Lipinski definition) is 9. The van der Waals surface area contributed by atoms with Crippen LogP contribution in [0.2, 0.25) is 0 Å². The van der Waals surface area contributed by atoms with E-state index in [1.807, 2.05) is 13.8 Å². The minimum atomic E-state index is -3.63. The SMILES string of the molecule is CC[N+](CCO)(CCO)CCO.CC[N+](CCO)(CCO)CCO.O=[Si]([O-])[O-]. The molecular formula is C16H40N2O9Si. The van der Waals surface area contributed by atoms with Crippen LogP contribution >= 0.6 is 0 Å². The van der Waals surface area contributed by atoms with E-state index in [1.165, 1.54) is 0 Å². The molecule has 0 aromatic carbocycles. The van der Waals surface area contributed by atoms with Crippen molar-refractivity contribution in [2.24, 2.45) is 0 Å². The van der Waals surface area contributed by atoms with Crippen LogP contribution in [-0.4, -0.2) is 141 Å². The van der Waals surface area contributed by atoms with E-state index in [4.69, 9.17) is 44.7 Å². The van der Waals surface area contributed by atoms with Crippen molar-refractivity contribution in [3.05, 3.63) is 0 Å². The zero-order chi connectivity index (χ0) is 22.5. The van der Waals surface area contributed by atoms with Crippen LogP contribution < -0.4 is 9.59 Å². The van der Waals surface area contributed by atoms with E-state index in [9.17, 15) is 0 Å². The topological polar surface area (TPSA) is 185 Å². The van der Waals surface area contributed by atoms with Gasteiger partial charge in [0.25, 0.3) is 0 Å². The van der Waals surface area contributed by atoms with Crippen molar-refractivity contribution in [2.45, 2.75) is 13.8 Å². The molecule has 0 rings (SSSR count). The first-order chi connectivity index (χ1) is 13.2. The molecular weight excluding hydrogens is 392 g/mol. The van der Waals surface area contributed by atoms with Gasteiger partial charge < -0.3 is 53.7 Å². The standard InChI is InChI=1S/2C8H20NO3.O3Si/c2*1-2-9(3-6-10,4-7-11)5-8-12;1-4(2)3/h2*10-12H,2-8H2,1H3;/q2*+1;-2. The van der Waals surface area contributed by atoms with Gasteiger partial charge in [-0.05, 0) is 13.8 Å². The summed E-state index contributed by atoms with van der Waals surface area (Å²) in [5, 5.41) is 52.8. The van der Waals surface area contributed by atoms with Crippen molar-refractivity contribution < 1.29 is 53.7 Å². The summed E-state index contributed by atoms with van der Waals surface area (Å²) in [5.41, 5.74) is 0. The predicted octanol–water partition coefficient (Wildman–Crippen LogP) is -5.28. The van der Waals surface area contributed by atoms with Gasteiger partial charge in [-0.15, -0.1) is 0 Å². The number of aliphatic hydroxyl groups excluding tert-OH is 6. The number of nitrogens with zero attached hydrogens (tertiary/aromatic N) is 2. The second-order valence-corrected chi connectivity index (χ2v) is 6.75. The number of quaternary nitrogens is 2. The summed E-state index contributed by atoms with van der Waals surface area (Å²) in [6.45, 7) is 9.95. The molecule has 0 unspecified atom stereocenters. The van der Waals surface area contributed by atoms with Crippen LogP contribution in [0.25, 0.3) is 0 Å². The van der Waals surface area contributed by atoms with E-state index < -0.39 is 9.17 Å². The smallest absolute Gasteiger partial charge is 0.102 e. The molecule has 6 N–H and O–H groups in total. The van der Waals surface area contributed by atoms with E-state index in [2.05, 4.69) is 0 Å². The van der Waals surface area contributed by atoms with Crippen molar-refractivity contribution >= 4 is 9.17 Å². The van der Waals surface area contributed by atoms with Gasteiger partial charge in [0.2, 0.25) is 0 Å². The number of hydrogen-bond donors (Lipinski definition) is 6. The highest BCUT2D eigenvalue weighted by molar-refractivity contribution is 6.17. The molecule has 0 saturated carbocycles. The Balaban J connectivity index is -0.000000375. The van der Waals surface area contributed by atoms with E-state index >= 15 is 0 Å². The van der Waals surface area contributed by atoms with Gasteiger partial charge in [-0.25, -0.2) is 0 Å². The highest BCUT2D eigenvalue weighted by atomic mass is 28.3. The van der Waals surface area contributed by atoms with Gasteiger partial charge in [-0.2, -0.15) is 0 Å². The van der Waals surface area contributed by atoms with Crippen LogP contribution in [-0.2, 0) is 4.46 Å². The molecule has 0 amide bonds. The Morgan fingerprint density at radius 2 is 0.714 bits per heavy atom. The molecule has 28 heavy (non-hydrogen) atoms. The summed E-state index contributed by atoms with van der Waals surface area (Å²) in [4.78, 5) is 17.0. The van der Waals surface area contributed by atoms with Crippen LogP contribution in [0.15, 0.2) is 0 Å². The van der Waals surface area contributed by atoms with Gasteiger partial charge in [-0.3, -0.25) is 0 Å². The zero-order valence-electron chi connectivity index (χ0n) is 17.2. The van der Waals surface area contributed by atoms with E-state index in [0.29, 0.717) is 48.2 Å². The lowest BCUT2D eigenvalue weighted by Crippen LogP contribution is -2.53. The predicted molar refractivity (Wildman–Crippen MR) is 99.8 cm³/mol. The van der Waals surface area contributed by atoms with Crippen LogP contribution in [0.3, 0.4) is 0 Å². The molecule has 0 saturated heterocycles. The monoisotopic (exact) mass is 432 g/mol. The van der Waals surface area contributed by atoms with Crippen LogP contribution in [0.5, 0.6) is 0 Å². The van der Waals surface area contributed by atoms with Crippen molar-refractivity contribution in [1.29, 1.82) is 0 Å². The van der Waals surface area contributed by atoms with Gasteiger partial charge in [0.1, 0.15) is 39.3 Å². The fourth-order valence-corrected chi connectivity index (χ4v) is 2.89. The molecule has 0 aromatic heterocycles. The number of likely N-dealkylation sites (N-methyl/N-ethyl adjacent to an activating group) is 2. The first-order valence-corrected chi connectivity index (χ1v) is 10.7. The first kappa shape index (κ1) is 32.0. The van der Waals surface area contributed by atoms with Crippen molar-refractivity contribution in [1.82, 2.24) is 0 Å². The molecule has 11 nitrogen and oxygen atoms in total. The normalized spacial score (nSPS) is 11.1. The van der Waals surface area contributed by atoms with E-state index in [0.717, 1.165) is 13.1 Å². The summed E-state index contributed by atoms with van der Waals surface area (Å²) < 4.78 is 9.72. The Morgan fingerprint density at radius 1 is 0.571 bits per heavy atom. The van der Waals surface area contributed by atoms with Gasteiger partial charge in [0.05, 0.1) is 52.7 Å². The largest absolute Gasteiger partial charge is 0.672 e. The van der Waals surface area contributed by atoms with Crippen LogP contribution in [0.1, 0.15) is 13.8 Å². The second-order valence-electron chi connectivity index (χ2n) is 6.25. The van der Waals surface area contributed by atoms with Crippen LogP contribution in [0, 0.1) is 0 Å². The maximum Gasteiger partial charge on any atom is 0.102 e. The molecule has 0 bridgehead atoms. The lowest BCUT2D eigenvalue weighted by atomic mass is 10.3. The van der Waals surface area contributed by atoms with Gasteiger partial charge in [0, 0.05) is 9.17 Å². The molecule has 0 aliphatic carbocycles. The van der Waals surface area contributed by atoms with Gasteiger partial charge in [-0.1, -0.05) is 0 Å². The summed E-state index contributed by atoms with van der Waals surface area (Å²) in [5.74, 6) is 0. The van der Waals surface area contributed by atoms with E-state index in [-0.39, 0.29) is 39.6 Å². The Labute approximate surface area is 169 Å². The third kappa shape index (κ3) is 17.4. The van der Waals surface area contributed by atoms with Gasteiger partial charge in [0.15, 0.2) is 0 Å². The molecule has 0 fully saturated rings. The lowest BCUT2D eigenvalue weighted by molar-refractivity contribution is -0.927. The van der Waals surface area contributed by atoms with Crippen molar-refractivity contribution in [2.75, 3.05) is 92.0 Å². The quantitative estimate of drug-likeness (QED) is 0.115. The maximum atomic E-state index is 8.81. The Bertz CT molecular complexity index is 288. The Kier molecular flexibility index (Phi) is 24.0. The lowest BCUT2D eigenvalue weighted by Gasteiger charge is -2.36. The third-order valence-electron chi connectivity index (χ3n) is 4.79. The summed E-state index contributed by atoms with van der Waals surface area (Å²) in [6, 6.07) is 0. The molecule has 0 aromatic rings. The maximum absolute atomic E-state index is 8.81. The molecule has 172 valence electrons. The van der Waals surface area contributed by atoms with Gasteiger partial charge >= 0.3 is 0 Å². The fraction of sp³-hybridized carbons (Fsp3) is 1.00. The van der Waals surface area contributed by atoms with Crippen LogP contribution in [0.4, 0.5) is 0 Å². The zero-order valence-corrected chi connectivity index (χ0v) is 18.2. The third-order valence-corrected chi connectivity index (χ3v) is 4.79. The number of aliphatic hydroxyl groups is 6. The van der Waals surface area contributed by atoms with E-state index in [1.54, 1.807) is 0 Å². The highest BCUT2D eigenvalue weighted by Gasteiger charge is 2.23.